The molecule has 1 aromatic carbocycles. The summed E-state index contributed by atoms with van der Waals surface area (Å²) >= 11 is 1.84. The average molecular weight is 349 g/mol. The summed E-state index contributed by atoms with van der Waals surface area (Å²) in [5.74, 6) is -2.39. The van der Waals surface area contributed by atoms with E-state index in [2.05, 4.69) is 6.92 Å². The lowest BCUT2D eigenvalue weighted by atomic mass is 10.2. The molecule has 0 amide bonds. The molecular formula is C15H21F2NO2S2. The van der Waals surface area contributed by atoms with Gasteiger partial charge in [-0.25, -0.2) is 8.42 Å². The van der Waals surface area contributed by atoms with Gasteiger partial charge < -0.3 is 4.90 Å². The maximum atomic E-state index is 12.9. The third kappa shape index (κ3) is 3.93. The van der Waals surface area contributed by atoms with Crippen LogP contribution in [-0.4, -0.2) is 38.3 Å². The third-order valence-corrected chi connectivity index (χ3v) is 6.39. The maximum absolute atomic E-state index is 12.9. The smallest absolute Gasteiger partial charge is 0.341 e. The molecule has 1 aliphatic heterocycles. The monoisotopic (exact) mass is 349 g/mol. The van der Waals surface area contributed by atoms with Crippen LogP contribution in [0.4, 0.5) is 14.5 Å². The zero-order valence-electron chi connectivity index (χ0n) is 12.5. The molecule has 0 aromatic heterocycles. The van der Waals surface area contributed by atoms with Crippen molar-refractivity contribution in [3.8, 4) is 0 Å². The fourth-order valence-corrected chi connectivity index (χ4v) is 4.79. The molecule has 0 spiro atoms. The number of hydrogen-bond acceptors (Lipinski definition) is 4. The second-order valence-electron chi connectivity index (χ2n) is 5.29. The second kappa shape index (κ2) is 7.64. The number of hydrogen-bond donors (Lipinski definition) is 0. The molecule has 1 heterocycles. The van der Waals surface area contributed by atoms with Crippen molar-refractivity contribution in [2.45, 2.75) is 42.1 Å². The van der Waals surface area contributed by atoms with E-state index in [4.69, 9.17) is 0 Å². The minimum absolute atomic E-state index is 0.257. The molecule has 1 unspecified atom stereocenters. The van der Waals surface area contributed by atoms with Crippen LogP contribution < -0.4 is 4.90 Å². The molecule has 0 N–H and O–H groups in total. The number of benzene rings is 1. The molecule has 1 aliphatic rings. The Labute approximate surface area is 135 Å². The Bertz CT molecular complexity index is 593. The number of para-hydroxylation sites is 1. The van der Waals surface area contributed by atoms with E-state index in [0.717, 1.165) is 25.0 Å². The quantitative estimate of drug-likeness (QED) is 0.810. The molecule has 7 heteroatoms. The van der Waals surface area contributed by atoms with Crippen molar-refractivity contribution in [2.75, 3.05) is 23.7 Å². The van der Waals surface area contributed by atoms with Crippen LogP contribution in [0, 0.1) is 0 Å². The lowest BCUT2D eigenvalue weighted by Crippen LogP contribution is -2.31. The number of rotatable bonds is 5. The first-order valence-corrected chi connectivity index (χ1v) is 10.0. The van der Waals surface area contributed by atoms with E-state index in [9.17, 15) is 17.2 Å². The number of nitrogens with zero attached hydrogens (tertiary/aromatic N) is 1. The summed E-state index contributed by atoms with van der Waals surface area (Å²) in [6, 6.07) is 6.11. The second-order valence-corrected chi connectivity index (χ2v) is 8.76. The maximum Gasteiger partial charge on any atom is 0.341 e. The van der Waals surface area contributed by atoms with E-state index in [1.165, 1.54) is 12.1 Å². The van der Waals surface area contributed by atoms with Gasteiger partial charge in [0.2, 0.25) is 9.84 Å². The molecule has 0 saturated carbocycles. The zero-order valence-corrected chi connectivity index (χ0v) is 14.2. The predicted molar refractivity (Wildman–Crippen MR) is 87.6 cm³/mol. The van der Waals surface area contributed by atoms with Crippen molar-refractivity contribution in [3.05, 3.63) is 24.3 Å². The Kier molecular flexibility index (Phi) is 6.09. The van der Waals surface area contributed by atoms with Crippen LogP contribution in [0.1, 0.15) is 26.2 Å². The topological polar surface area (TPSA) is 37.4 Å². The van der Waals surface area contributed by atoms with E-state index in [1.54, 1.807) is 12.1 Å². The summed E-state index contributed by atoms with van der Waals surface area (Å²) < 4.78 is 49.6. The molecule has 1 saturated heterocycles. The first kappa shape index (κ1) is 17.5. The number of alkyl halides is 2. The van der Waals surface area contributed by atoms with Gasteiger partial charge in [0, 0.05) is 18.3 Å². The minimum Gasteiger partial charge on any atom is -0.369 e. The lowest BCUT2D eigenvalue weighted by molar-refractivity contribution is 0.235. The van der Waals surface area contributed by atoms with Gasteiger partial charge in [-0.05, 0) is 30.7 Å². The third-order valence-electron chi connectivity index (χ3n) is 3.78. The van der Waals surface area contributed by atoms with Crippen LogP contribution in [0.5, 0.6) is 0 Å². The van der Waals surface area contributed by atoms with Crippen LogP contribution >= 0.6 is 11.8 Å². The Morgan fingerprint density at radius 3 is 2.73 bits per heavy atom. The van der Waals surface area contributed by atoms with Crippen molar-refractivity contribution >= 4 is 27.3 Å². The van der Waals surface area contributed by atoms with Gasteiger partial charge in [0.15, 0.2) is 0 Å². The number of sulfone groups is 1. The summed E-state index contributed by atoms with van der Waals surface area (Å²) in [6.07, 6.45) is 3.11. The molecular weight excluding hydrogens is 328 g/mol. The molecule has 22 heavy (non-hydrogen) atoms. The van der Waals surface area contributed by atoms with Crippen LogP contribution in [0.2, 0.25) is 0 Å². The number of thioether (sulfide) groups is 1. The van der Waals surface area contributed by atoms with Crippen molar-refractivity contribution in [3.63, 3.8) is 0 Å². The highest BCUT2D eigenvalue weighted by molar-refractivity contribution is 7.99. The Balaban J connectivity index is 2.35. The van der Waals surface area contributed by atoms with Gasteiger partial charge in [-0.1, -0.05) is 25.5 Å². The summed E-state index contributed by atoms with van der Waals surface area (Å²) in [7, 11) is -4.58. The molecule has 0 aliphatic carbocycles. The first-order chi connectivity index (χ1) is 10.5. The Hall–Kier alpha value is -0.820. The molecule has 0 bridgehead atoms. The molecule has 3 nitrogen and oxygen atoms in total. The Morgan fingerprint density at radius 2 is 2.05 bits per heavy atom. The van der Waals surface area contributed by atoms with Gasteiger partial charge in [-0.15, -0.1) is 0 Å². The zero-order chi connectivity index (χ0) is 16.2. The van der Waals surface area contributed by atoms with Crippen molar-refractivity contribution in [1.29, 1.82) is 0 Å². The highest BCUT2D eigenvalue weighted by Gasteiger charge is 2.31. The molecule has 0 radical (unpaired) electrons. The summed E-state index contributed by atoms with van der Waals surface area (Å²) in [5, 5.41) is 0.412. The molecule has 124 valence electrons. The van der Waals surface area contributed by atoms with Crippen LogP contribution in [0.25, 0.3) is 0 Å². The van der Waals surface area contributed by atoms with Crippen LogP contribution in [0.3, 0.4) is 0 Å². The van der Waals surface area contributed by atoms with E-state index in [1.807, 2.05) is 16.7 Å². The summed E-state index contributed by atoms with van der Waals surface area (Å²) in [5.41, 5.74) is 0.409. The molecule has 2 rings (SSSR count). The summed E-state index contributed by atoms with van der Waals surface area (Å²) in [4.78, 5) is 1.70. The molecule has 1 aromatic rings. The van der Waals surface area contributed by atoms with Gasteiger partial charge in [0.25, 0.3) is 0 Å². The fourth-order valence-electron chi connectivity index (χ4n) is 2.75. The van der Waals surface area contributed by atoms with E-state index >= 15 is 0 Å². The molecule has 1 fully saturated rings. The largest absolute Gasteiger partial charge is 0.369 e. The average Bonchev–Trinajstić information content (AvgIpc) is 2.73. The van der Waals surface area contributed by atoms with Gasteiger partial charge in [-0.3, -0.25) is 0 Å². The van der Waals surface area contributed by atoms with Gasteiger partial charge in [0.1, 0.15) is 0 Å². The van der Waals surface area contributed by atoms with Crippen molar-refractivity contribution in [1.82, 2.24) is 0 Å². The van der Waals surface area contributed by atoms with E-state index < -0.39 is 15.6 Å². The first-order valence-electron chi connectivity index (χ1n) is 7.44. The van der Waals surface area contributed by atoms with Gasteiger partial charge in [-0.2, -0.15) is 20.5 Å². The number of halogens is 2. The van der Waals surface area contributed by atoms with Crippen LogP contribution in [-0.2, 0) is 9.84 Å². The highest BCUT2D eigenvalue weighted by atomic mass is 32.2. The Morgan fingerprint density at radius 1 is 1.32 bits per heavy atom. The molecule has 1 atom stereocenters. The highest BCUT2D eigenvalue weighted by Crippen LogP contribution is 2.32. The normalized spacial score (nSPS) is 20.2. The van der Waals surface area contributed by atoms with Gasteiger partial charge in [0.05, 0.1) is 10.6 Å². The SMILES string of the molecule is CCSC1CCCCN(c2ccccc2S(=O)(=O)C(F)F)C1. The standard InChI is InChI=1S/C15H21F2NO2S2/c1-2-21-12-7-5-6-10-18(11-12)13-8-3-4-9-14(13)22(19,20)15(16)17/h3-4,8-9,12,15H,2,5-7,10-11H2,1H3. The summed E-state index contributed by atoms with van der Waals surface area (Å²) in [6.45, 7) is 3.50. The van der Waals surface area contributed by atoms with Crippen molar-refractivity contribution < 1.29 is 17.2 Å². The fraction of sp³-hybridized carbons (Fsp3) is 0.600. The van der Waals surface area contributed by atoms with Gasteiger partial charge >= 0.3 is 5.76 Å². The van der Waals surface area contributed by atoms with E-state index in [-0.39, 0.29) is 4.90 Å². The lowest BCUT2D eigenvalue weighted by Gasteiger charge is -2.28. The number of anilines is 1. The predicted octanol–water partition coefficient (Wildman–Crippen LogP) is 3.79. The minimum atomic E-state index is -4.58. The van der Waals surface area contributed by atoms with Crippen molar-refractivity contribution in [2.24, 2.45) is 0 Å². The van der Waals surface area contributed by atoms with E-state index in [0.29, 0.717) is 24.0 Å². The van der Waals surface area contributed by atoms with Crippen LogP contribution in [0.15, 0.2) is 29.2 Å².